The molecule has 2 amide bonds. The van der Waals surface area contributed by atoms with E-state index in [2.05, 4.69) is 26.6 Å². The number of nitrogens with one attached hydrogen (secondary N) is 2. The predicted octanol–water partition coefficient (Wildman–Crippen LogP) is 1.93. The van der Waals surface area contributed by atoms with Crippen LogP contribution in [-0.4, -0.2) is 32.1 Å². The second-order valence-corrected chi connectivity index (χ2v) is 5.71. The van der Waals surface area contributed by atoms with Crippen LogP contribution in [0.5, 0.6) is 0 Å². The van der Waals surface area contributed by atoms with Gasteiger partial charge in [0.25, 0.3) is 0 Å². The Kier molecular flexibility index (Phi) is 4.77. The number of hydrogen-bond donors (Lipinski definition) is 2. The number of benzene rings is 1. The first-order valence-electron chi connectivity index (χ1n) is 6.43. The summed E-state index contributed by atoms with van der Waals surface area (Å²) in [6, 6.07) is 7.27. The van der Waals surface area contributed by atoms with Crippen molar-refractivity contribution in [1.29, 1.82) is 0 Å². The van der Waals surface area contributed by atoms with E-state index in [-0.39, 0.29) is 11.8 Å². The van der Waals surface area contributed by atoms with Gasteiger partial charge in [-0.25, -0.2) is 0 Å². The van der Waals surface area contributed by atoms with Crippen molar-refractivity contribution in [3.05, 3.63) is 28.7 Å². The Balaban J connectivity index is 1.94. The number of methoxy groups -OCH3 is 1. The fourth-order valence-corrected chi connectivity index (χ4v) is 2.17. The van der Waals surface area contributed by atoms with Gasteiger partial charge in [-0.15, -0.1) is 0 Å². The van der Waals surface area contributed by atoms with Crippen LogP contribution in [0.2, 0.25) is 0 Å². The zero-order valence-corrected chi connectivity index (χ0v) is 12.8. The maximum absolute atomic E-state index is 12.2. The van der Waals surface area contributed by atoms with Crippen molar-refractivity contribution in [3.8, 4) is 0 Å². The zero-order valence-electron chi connectivity index (χ0n) is 11.2. The second kappa shape index (κ2) is 6.37. The molecule has 1 fully saturated rings. The molecule has 5 nitrogen and oxygen atoms in total. The first kappa shape index (κ1) is 15.0. The molecule has 0 radical (unpaired) electrons. The van der Waals surface area contributed by atoms with Gasteiger partial charge in [0.05, 0.1) is 6.61 Å². The molecular weight excluding hydrogens is 324 g/mol. The lowest BCUT2D eigenvalue weighted by Gasteiger charge is -2.15. The number of carbonyl (C=O) groups is 2. The van der Waals surface area contributed by atoms with Gasteiger partial charge in [-0.05, 0) is 37.1 Å². The molecule has 108 valence electrons. The minimum atomic E-state index is -0.902. The van der Waals surface area contributed by atoms with E-state index in [0.29, 0.717) is 31.7 Å². The molecule has 2 rings (SSSR count). The molecule has 1 aliphatic rings. The maximum atomic E-state index is 12.2. The van der Waals surface area contributed by atoms with Gasteiger partial charge in [0, 0.05) is 23.8 Å². The standard InChI is InChI=1S/C14H17BrN2O3/c1-20-9-8-16-12(18)14(6-7-14)13(19)17-11-4-2-10(15)3-5-11/h2-5H,6-9H2,1H3,(H,16,18)(H,17,19). The van der Waals surface area contributed by atoms with Crippen LogP contribution >= 0.6 is 15.9 Å². The Labute approximate surface area is 126 Å². The number of anilines is 1. The Bertz CT molecular complexity index is 498. The number of ether oxygens (including phenoxy) is 1. The van der Waals surface area contributed by atoms with E-state index in [4.69, 9.17) is 4.74 Å². The molecule has 0 aliphatic heterocycles. The van der Waals surface area contributed by atoms with Crippen molar-refractivity contribution >= 4 is 33.4 Å². The van der Waals surface area contributed by atoms with Gasteiger partial charge < -0.3 is 15.4 Å². The summed E-state index contributed by atoms with van der Waals surface area (Å²) in [5.74, 6) is -0.459. The van der Waals surface area contributed by atoms with E-state index < -0.39 is 5.41 Å². The van der Waals surface area contributed by atoms with Crippen LogP contribution in [0.3, 0.4) is 0 Å². The van der Waals surface area contributed by atoms with Crippen LogP contribution in [0.25, 0.3) is 0 Å². The molecule has 2 N–H and O–H groups in total. The summed E-state index contributed by atoms with van der Waals surface area (Å²) < 4.78 is 5.81. The summed E-state index contributed by atoms with van der Waals surface area (Å²) in [5.41, 5.74) is -0.213. The monoisotopic (exact) mass is 340 g/mol. The minimum Gasteiger partial charge on any atom is -0.383 e. The van der Waals surface area contributed by atoms with Crippen LogP contribution in [0, 0.1) is 5.41 Å². The van der Waals surface area contributed by atoms with Crippen LogP contribution in [-0.2, 0) is 14.3 Å². The van der Waals surface area contributed by atoms with E-state index in [1.807, 2.05) is 12.1 Å². The molecule has 0 spiro atoms. The van der Waals surface area contributed by atoms with E-state index in [0.717, 1.165) is 4.47 Å². The second-order valence-electron chi connectivity index (χ2n) is 4.79. The molecule has 1 aromatic carbocycles. The van der Waals surface area contributed by atoms with Gasteiger partial charge in [-0.2, -0.15) is 0 Å². The first-order chi connectivity index (χ1) is 9.58. The average molecular weight is 341 g/mol. The van der Waals surface area contributed by atoms with Gasteiger partial charge in [0.2, 0.25) is 11.8 Å². The van der Waals surface area contributed by atoms with Gasteiger partial charge in [-0.1, -0.05) is 15.9 Å². The van der Waals surface area contributed by atoms with E-state index in [9.17, 15) is 9.59 Å². The summed E-state index contributed by atoms with van der Waals surface area (Å²) in [6.45, 7) is 0.860. The number of rotatable bonds is 6. The molecule has 1 saturated carbocycles. The van der Waals surface area contributed by atoms with E-state index in [1.165, 1.54) is 0 Å². The number of carbonyl (C=O) groups excluding carboxylic acids is 2. The summed E-state index contributed by atoms with van der Waals surface area (Å²) in [4.78, 5) is 24.3. The normalized spacial score (nSPS) is 15.5. The van der Waals surface area contributed by atoms with E-state index in [1.54, 1.807) is 19.2 Å². The van der Waals surface area contributed by atoms with E-state index >= 15 is 0 Å². The summed E-state index contributed by atoms with van der Waals surface area (Å²) in [7, 11) is 1.57. The van der Waals surface area contributed by atoms with Crippen molar-refractivity contribution in [3.63, 3.8) is 0 Å². The lowest BCUT2D eigenvalue weighted by atomic mass is 10.1. The van der Waals surface area contributed by atoms with Gasteiger partial charge in [0.15, 0.2) is 0 Å². The topological polar surface area (TPSA) is 67.4 Å². The Morgan fingerprint density at radius 2 is 1.90 bits per heavy atom. The van der Waals surface area contributed by atoms with Gasteiger partial charge >= 0.3 is 0 Å². The van der Waals surface area contributed by atoms with Crippen molar-refractivity contribution in [1.82, 2.24) is 5.32 Å². The summed E-state index contributed by atoms with van der Waals surface area (Å²) in [5, 5.41) is 5.52. The highest BCUT2D eigenvalue weighted by molar-refractivity contribution is 9.10. The number of hydrogen-bond acceptors (Lipinski definition) is 3. The quantitative estimate of drug-likeness (QED) is 0.614. The smallest absolute Gasteiger partial charge is 0.240 e. The highest BCUT2D eigenvalue weighted by Crippen LogP contribution is 2.46. The zero-order chi connectivity index (χ0) is 14.6. The molecule has 0 aromatic heterocycles. The first-order valence-corrected chi connectivity index (χ1v) is 7.22. The predicted molar refractivity (Wildman–Crippen MR) is 79.3 cm³/mol. The fourth-order valence-electron chi connectivity index (χ4n) is 1.90. The van der Waals surface area contributed by atoms with Crippen LogP contribution < -0.4 is 10.6 Å². The van der Waals surface area contributed by atoms with Crippen LogP contribution in [0.1, 0.15) is 12.8 Å². The number of amides is 2. The third-order valence-electron chi connectivity index (χ3n) is 3.31. The van der Waals surface area contributed by atoms with Gasteiger partial charge in [0.1, 0.15) is 5.41 Å². The Hall–Kier alpha value is -1.40. The van der Waals surface area contributed by atoms with Crippen molar-refractivity contribution in [2.75, 3.05) is 25.6 Å². The third-order valence-corrected chi connectivity index (χ3v) is 3.84. The summed E-state index contributed by atoms with van der Waals surface area (Å²) in [6.07, 6.45) is 1.18. The highest BCUT2D eigenvalue weighted by atomic mass is 79.9. The molecule has 20 heavy (non-hydrogen) atoms. The molecule has 0 unspecified atom stereocenters. The Morgan fingerprint density at radius 1 is 1.25 bits per heavy atom. The van der Waals surface area contributed by atoms with Crippen molar-refractivity contribution < 1.29 is 14.3 Å². The van der Waals surface area contributed by atoms with Crippen LogP contribution in [0.4, 0.5) is 5.69 Å². The molecule has 1 aromatic rings. The lowest BCUT2D eigenvalue weighted by molar-refractivity contribution is -0.134. The minimum absolute atomic E-state index is 0.218. The van der Waals surface area contributed by atoms with Crippen molar-refractivity contribution in [2.45, 2.75) is 12.8 Å². The molecule has 0 atom stereocenters. The average Bonchev–Trinajstić information content (AvgIpc) is 3.23. The molecule has 1 aliphatic carbocycles. The van der Waals surface area contributed by atoms with Crippen molar-refractivity contribution in [2.24, 2.45) is 5.41 Å². The van der Waals surface area contributed by atoms with Gasteiger partial charge in [-0.3, -0.25) is 9.59 Å². The maximum Gasteiger partial charge on any atom is 0.240 e. The molecule has 6 heteroatoms. The SMILES string of the molecule is COCCNC(=O)C1(C(=O)Nc2ccc(Br)cc2)CC1. The lowest BCUT2D eigenvalue weighted by Crippen LogP contribution is -2.41. The fraction of sp³-hybridized carbons (Fsp3) is 0.429. The third kappa shape index (κ3) is 3.37. The van der Waals surface area contributed by atoms with Crippen LogP contribution in [0.15, 0.2) is 28.7 Å². The highest BCUT2D eigenvalue weighted by Gasteiger charge is 2.56. The molecular formula is C14H17BrN2O3. The molecule has 0 bridgehead atoms. The largest absolute Gasteiger partial charge is 0.383 e. The molecule has 0 heterocycles. The Morgan fingerprint density at radius 3 is 2.45 bits per heavy atom. The molecule has 0 saturated heterocycles. The number of halogens is 1. The summed E-state index contributed by atoms with van der Waals surface area (Å²) >= 11 is 3.33.